The molecule has 1 rings (SSSR count). The van der Waals surface area contributed by atoms with Gasteiger partial charge < -0.3 is 18.7 Å². The van der Waals surface area contributed by atoms with Gasteiger partial charge in [0.15, 0.2) is 0 Å². The Kier molecular flexibility index (Phi) is 9.37. The molecule has 1 aromatic rings. The summed E-state index contributed by atoms with van der Waals surface area (Å²) < 4.78 is 23.3. The van der Waals surface area contributed by atoms with E-state index in [1.54, 1.807) is 13.2 Å². The fraction of sp³-hybridized carbons (Fsp3) is 0.667. The molecule has 0 saturated carbocycles. The van der Waals surface area contributed by atoms with Crippen LogP contribution in [0.25, 0.3) is 0 Å². The van der Waals surface area contributed by atoms with Gasteiger partial charge in [-0.1, -0.05) is 12.1 Å². The summed E-state index contributed by atoms with van der Waals surface area (Å²) in [5, 5.41) is 0. The summed E-state index contributed by atoms with van der Waals surface area (Å²) in [6.45, 7) is 9.56. The Balaban J connectivity index is 0.00000441. The first-order chi connectivity index (χ1) is 9.79. The van der Waals surface area contributed by atoms with Crippen molar-refractivity contribution in [2.75, 3.05) is 7.11 Å². The molecular formula is C15H27BLiNO4. The third kappa shape index (κ3) is 6.31. The van der Waals surface area contributed by atoms with Gasteiger partial charge >= 0.3 is 25.6 Å². The molecule has 0 aliphatic rings. The quantitative estimate of drug-likeness (QED) is 0.607. The van der Waals surface area contributed by atoms with Gasteiger partial charge in [0.2, 0.25) is 5.88 Å². The molecule has 1 aromatic heterocycles. The van der Waals surface area contributed by atoms with E-state index in [1.165, 1.54) is 0 Å². The molecule has 0 N–H and O–H groups in total. The SMILES string of the molecule is COc1cccc([B-](OC(C)C)(OC(C)C)OC(C)C)n1.[Li+]. The maximum Gasteiger partial charge on any atom is 1.00 e. The number of ether oxygens (including phenoxy) is 1. The zero-order valence-electron chi connectivity index (χ0n) is 15.1. The van der Waals surface area contributed by atoms with Gasteiger partial charge in [0.1, 0.15) is 0 Å². The molecule has 120 valence electrons. The number of pyridine rings is 1. The topological polar surface area (TPSA) is 49.8 Å². The first-order valence-electron chi connectivity index (χ1n) is 7.47. The van der Waals surface area contributed by atoms with Crippen LogP contribution in [0.3, 0.4) is 0 Å². The van der Waals surface area contributed by atoms with E-state index < -0.39 is 6.75 Å². The maximum absolute atomic E-state index is 6.05. The predicted molar refractivity (Wildman–Crippen MR) is 84.8 cm³/mol. The van der Waals surface area contributed by atoms with E-state index in [4.69, 9.17) is 18.7 Å². The van der Waals surface area contributed by atoms with Gasteiger partial charge in [0.05, 0.1) is 7.11 Å². The zero-order chi connectivity index (χ0) is 16.0. The van der Waals surface area contributed by atoms with Gasteiger partial charge in [-0.3, -0.25) is 4.98 Å². The number of hydrogen-bond acceptors (Lipinski definition) is 5. The molecular weight excluding hydrogens is 276 g/mol. The monoisotopic (exact) mass is 303 g/mol. The van der Waals surface area contributed by atoms with E-state index in [1.807, 2.05) is 53.7 Å². The Labute approximate surface area is 146 Å². The Hall–Kier alpha value is -0.508. The number of methoxy groups -OCH3 is 1. The van der Waals surface area contributed by atoms with Crippen molar-refractivity contribution >= 4 is 12.3 Å². The van der Waals surface area contributed by atoms with Crippen LogP contribution in [0.5, 0.6) is 5.88 Å². The Morgan fingerprint density at radius 1 is 0.864 bits per heavy atom. The summed E-state index contributed by atoms with van der Waals surface area (Å²) in [6, 6.07) is 5.48. The second-order valence-corrected chi connectivity index (χ2v) is 5.80. The Morgan fingerprint density at radius 3 is 1.68 bits per heavy atom. The summed E-state index contributed by atoms with van der Waals surface area (Å²) >= 11 is 0. The van der Waals surface area contributed by atoms with E-state index >= 15 is 0 Å². The molecule has 1 heterocycles. The van der Waals surface area contributed by atoms with Crippen LogP contribution in [0.4, 0.5) is 0 Å². The zero-order valence-corrected chi connectivity index (χ0v) is 15.1. The van der Waals surface area contributed by atoms with Crippen LogP contribution >= 0.6 is 0 Å². The van der Waals surface area contributed by atoms with Crippen molar-refractivity contribution in [3.8, 4) is 5.88 Å². The van der Waals surface area contributed by atoms with Crippen LogP contribution in [0.1, 0.15) is 41.5 Å². The first kappa shape index (κ1) is 21.5. The Morgan fingerprint density at radius 2 is 1.32 bits per heavy atom. The molecule has 0 fully saturated rings. The molecule has 22 heavy (non-hydrogen) atoms. The van der Waals surface area contributed by atoms with Crippen LogP contribution in [-0.2, 0) is 14.0 Å². The van der Waals surface area contributed by atoms with Gasteiger partial charge in [0, 0.05) is 24.4 Å². The third-order valence-corrected chi connectivity index (χ3v) is 2.67. The van der Waals surface area contributed by atoms with Crippen molar-refractivity contribution in [2.45, 2.75) is 59.9 Å². The molecule has 7 heteroatoms. The van der Waals surface area contributed by atoms with Gasteiger partial charge in [-0.2, -0.15) is 0 Å². The summed E-state index contributed by atoms with van der Waals surface area (Å²) in [5.41, 5.74) is 0.602. The fourth-order valence-corrected chi connectivity index (χ4v) is 2.12. The van der Waals surface area contributed by atoms with Gasteiger partial charge in [-0.05, 0) is 47.1 Å². The average Bonchev–Trinajstić information content (AvgIpc) is 2.36. The number of rotatable bonds is 8. The van der Waals surface area contributed by atoms with Gasteiger partial charge in [0.25, 0.3) is 0 Å². The molecule has 0 unspecified atom stereocenters. The van der Waals surface area contributed by atoms with Gasteiger partial charge in [-0.25, -0.2) is 0 Å². The summed E-state index contributed by atoms with van der Waals surface area (Å²) in [7, 11) is 1.58. The van der Waals surface area contributed by atoms with Gasteiger partial charge in [-0.15, -0.1) is 0 Å². The smallest absolute Gasteiger partial charge is 0.538 e. The number of aromatic nitrogens is 1. The maximum atomic E-state index is 6.05. The van der Waals surface area contributed by atoms with Crippen molar-refractivity contribution in [3.05, 3.63) is 18.2 Å². The molecule has 0 amide bonds. The summed E-state index contributed by atoms with van der Waals surface area (Å²) in [6.07, 6.45) is -0.179. The van der Waals surface area contributed by atoms with Crippen LogP contribution in [0.15, 0.2) is 18.2 Å². The molecule has 0 atom stereocenters. The number of hydrogen-bond donors (Lipinski definition) is 0. The third-order valence-electron chi connectivity index (χ3n) is 2.67. The number of nitrogens with zero attached hydrogens (tertiary/aromatic N) is 1. The van der Waals surface area contributed by atoms with Crippen molar-refractivity contribution < 1.29 is 37.6 Å². The van der Waals surface area contributed by atoms with Crippen molar-refractivity contribution in [3.63, 3.8) is 0 Å². The molecule has 0 spiro atoms. The molecule has 0 bridgehead atoms. The van der Waals surface area contributed by atoms with E-state index in [2.05, 4.69) is 4.98 Å². The minimum Gasteiger partial charge on any atom is -0.538 e. The molecule has 0 radical (unpaired) electrons. The van der Waals surface area contributed by atoms with Crippen LogP contribution < -0.4 is 29.2 Å². The van der Waals surface area contributed by atoms with E-state index in [9.17, 15) is 0 Å². The van der Waals surface area contributed by atoms with E-state index in [-0.39, 0.29) is 37.2 Å². The van der Waals surface area contributed by atoms with Crippen LogP contribution in [0, 0.1) is 0 Å². The largest absolute Gasteiger partial charge is 1.00 e. The molecule has 5 nitrogen and oxygen atoms in total. The van der Waals surface area contributed by atoms with Crippen LogP contribution in [0.2, 0.25) is 0 Å². The standard InChI is InChI=1S/C15H27BNO4.Li/c1-11(2)19-16(20-12(3)4,21-13(5)6)14-9-8-10-15(17-14)18-7;/h8-13H,1-7H3;/q-1;+1. The van der Waals surface area contributed by atoms with Crippen LogP contribution in [-0.4, -0.2) is 37.2 Å². The predicted octanol–water partition coefficient (Wildman–Crippen LogP) is -0.485. The molecule has 0 aliphatic carbocycles. The molecule has 0 aromatic carbocycles. The summed E-state index contributed by atoms with van der Waals surface area (Å²) in [5.74, 6) is 0.505. The normalized spacial score (nSPS) is 11.9. The van der Waals surface area contributed by atoms with E-state index in [0.717, 1.165) is 0 Å². The van der Waals surface area contributed by atoms with E-state index in [0.29, 0.717) is 11.5 Å². The van der Waals surface area contributed by atoms with Crippen molar-refractivity contribution in [1.29, 1.82) is 0 Å². The average molecular weight is 303 g/mol. The second-order valence-electron chi connectivity index (χ2n) is 5.80. The van der Waals surface area contributed by atoms with Crippen molar-refractivity contribution in [1.82, 2.24) is 4.98 Å². The van der Waals surface area contributed by atoms with Crippen molar-refractivity contribution in [2.24, 2.45) is 0 Å². The first-order valence-corrected chi connectivity index (χ1v) is 7.47. The molecule has 0 saturated heterocycles. The summed E-state index contributed by atoms with van der Waals surface area (Å²) in [4.78, 5) is 4.45. The minimum atomic E-state index is -2.13. The minimum absolute atomic E-state index is 0. The Bertz CT molecular complexity index is 417. The fourth-order valence-electron chi connectivity index (χ4n) is 2.12. The molecule has 0 aliphatic heterocycles. The second kappa shape index (κ2) is 9.59.